The van der Waals surface area contributed by atoms with Crippen molar-refractivity contribution in [2.75, 3.05) is 6.61 Å². The summed E-state index contributed by atoms with van der Waals surface area (Å²) in [6.45, 7) is 5.14. The van der Waals surface area contributed by atoms with E-state index < -0.39 is 0 Å². The zero-order chi connectivity index (χ0) is 10.4. The van der Waals surface area contributed by atoms with Gasteiger partial charge >= 0.3 is 0 Å². The van der Waals surface area contributed by atoms with E-state index in [0.717, 1.165) is 19.4 Å². The van der Waals surface area contributed by atoms with Crippen molar-refractivity contribution in [3.8, 4) is 0 Å². The molecule has 1 rings (SSSR count). The Bertz CT molecular complexity index is 141. The lowest BCUT2D eigenvalue weighted by Gasteiger charge is -2.17. The van der Waals surface area contributed by atoms with Gasteiger partial charge in [0.25, 0.3) is 0 Å². The van der Waals surface area contributed by atoms with Crippen LogP contribution in [0.4, 0.5) is 0 Å². The molecule has 0 aliphatic carbocycles. The summed E-state index contributed by atoms with van der Waals surface area (Å²) >= 11 is 0. The van der Waals surface area contributed by atoms with Gasteiger partial charge in [0.05, 0.1) is 12.2 Å². The van der Waals surface area contributed by atoms with Crippen LogP contribution in [0.1, 0.15) is 52.4 Å². The first-order valence-corrected chi connectivity index (χ1v) is 6.03. The SMILES string of the molecule is CCC(O)C(C)CCCC1CCCO1. The maximum Gasteiger partial charge on any atom is 0.0576 e. The third-order valence-corrected chi connectivity index (χ3v) is 3.28. The van der Waals surface area contributed by atoms with E-state index in [1.807, 2.05) is 6.92 Å². The highest BCUT2D eigenvalue weighted by Crippen LogP contribution is 2.21. The fourth-order valence-electron chi connectivity index (χ4n) is 2.13. The van der Waals surface area contributed by atoms with Gasteiger partial charge in [-0.25, -0.2) is 0 Å². The second-order valence-electron chi connectivity index (χ2n) is 4.52. The molecule has 0 saturated carbocycles. The number of rotatable bonds is 6. The third kappa shape index (κ3) is 3.97. The lowest BCUT2D eigenvalue weighted by molar-refractivity contribution is 0.0871. The van der Waals surface area contributed by atoms with Crippen LogP contribution in [-0.2, 0) is 4.74 Å². The third-order valence-electron chi connectivity index (χ3n) is 3.28. The smallest absolute Gasteiger partial charge is 0.0576 e. The van der Waals surface area contributed by atoms with Gasteiger partial charge in [-0.2, -0.15) is 0 Å². The van der Waals surface area contributed by atoms with Gasteiger partial charge < -0.3 is 9.84 Å². The Morgan fingerprint density at radius 1 is 1.50 bits per heavy atom. The first kappa shape index (κ1) is 12.0. The summed E-state index contributed by atoms with van der Waals surface area (Å²) in [5.74, 6) is 0.446. The standard InChI is InChI=1S/C12H24O2/c1-3-12(13)10(2)6-4-7-11-8-5-9-14-11/h10-13H,3-9H2,1-2H3. The monoisotopic (exact) mass is 200 g/mol. The van der Waals surface area contributed by atoms with Gasteiger partial charge in [0.2, 0.25) is 0 Å². The van der Waals surface area contributed by atoms with Gasteiger partial charge in [-0.3, -0.25) is 0 Å². The maximum absolute atomic E-state index is 9.59. The van der Waals surface area contributed by atoms with Gasteiger partial charge in [-0.1, -0.05) is 20.3 Å². The molecule has 1 fully saturated rings. The first-order valence-electron chi connectivity index (χ1n) is 6.03. The van der Waals surface area contributed by atoms with E-state index in [2.05, 4.69) is 6.92 Å². The molecule has 0 aromatic carbocycles. The summed E-state index contributed by atoms with van der Waals surface area (Å²) in [4.78, 5) is 0. The van der Waals surface area contributed by atoms with Gasteiger partial charge in [0, 0.05) is 6.61 Å². The molecule has 1 aliphatic rings. The molecule has 0 spiro atoms. The molecule has 0 radical (unpaired) electrons. The number of hydrogen-bond donors (Lipinski definition) is 1. The molecule has 1 saturated heterocycles. The summed E-state index contributed by atoms with van der Waals surface area (Å²) < 4.78 is 5.56. The number of aliphatic hydroxyl groups is 1. The van der Waals surface area contributed by atoms with E-state index in [0.29, 0.717) is 12.0 Å². The minimum absolute atomic E-state index is 0.112. The summed E-state index contributed by atoms with van der Waals surface area (Å²) in [6.07, 6.45) is 7.27. The molecule has 84 valence electrons. The Balaban J connectivity index is 2.02. The van der Waals surface area contributed by atoms with Crippen molar-refractivity contribution < 1.29 is 9.84 Å². The predicted octanol–water partition coefficient (Wildman–Crippen LogP) is 2.74. The van der Waals surface area contributed by atoms with Gasteiger partial charge in [0.1, 0.15) is 0 Å². The van der Waals surface area contributed by atoms with E-state index in [1.54, 1.807) is 0 Å². The van der Waals surface area contributed by atoms with Crippen molar-refractivity contribution in [2.45, 2.75) is 64.6 Å². The highest BCUT2D eigenvalue weighted by Gasteiger charge is 2.16. The topological polar surface area (TPSA) is 29.5 Å². The van der Waals surface area contributed by atoms with Crippen LogP contribution in [0.3, 0.4) is 0 Å². The average molecular weight is 200 g/mol. The molecule has 2 heteroatoms. The van der Waals surface area contributed by atoms with E-state index >= 15 is 0 Å². The fraction of sp³-hybridized carbons (Fsp3) is 1.00. The summed E-state index contributed by atoms with van der Waals surface area (Å²) in [5.41, 5.74) is 0. The van der Waals surface area contributed by atoms with Crippen LogP contribution in [-0.4, -0.2) is 23.9 Å². The average Bonchev–Trinajstić information content (AvgIpc) is 2.69. The molecular weight excluding hydrogens is 176 g/mol. The van der Waals surface area contributed by atoms with E-state index in [1.165, 1.54) is 25.7 Å². The Labute approximate surface area is 87.7 Å². The van der Waals surface area contributed by atoms with Crippen LogP contribution in [0.25, 0.3) is 0 Å². The zero-order valence-electron chi connectivity index (χ0n) is 9.54. The normalized spacial score (nSPS) is 26.4. The van der Waals surface area contributed by atoms with Gasteiger partial charge in [-0.05, 0) is 38.0 Å². The number of aliphatic hydroxyl groups excluding tert-OH is 1. The number of hydrogen-bond acceptors (Lipinski definition) is 2. The molecule has 2 nitrogen and oxygen atoms in total. The molecule has 14 heavy (non-hydrogen) atoms. The van der Waals surface area contributed by atoms with Crippen molar-refractivity contribution in [2.24, 2.45) is 5.92 Å². The largest absolute Gasteiger partial charge is 0.393 e. The minimum Gasteiger partial charge on any atom is -0.393 e. The van der Waals surface area contributed by atoms with Crippen LogP contribution in [0.15, 0.2) is 0 Å². The van der Waals surface area contributed by atoms with Gasteiger partial charge in [-0.15, -0.1) is 0 Å². The Hall–Kier alpha value is -0.0800. The van der Waals surface area contributed by atoms with Crippen LogP contribution in [0.5, 0.6) is 0 Å². The molecule has 0 aromatic rings. The minimum atomic E-state index is -0.112. The van der Waals surface area contributed by atoms with E-state index in [4.69, 9.17) is 4.74 Å². The quantitative estimate of drug-likeness (QED) is 0.714. The van der Waals surface area contributed by atoms with Crippen LogP contribution >= 0.6 is 0 Å². The molecule has 3 atom stereocenters. The second-order valence-corrected chi connectivity index (χ2v) is 4.52. The van der Waals surface area contributed by atoms with E-state index in [-0.39, 0.29) is 6.10 Å². The lowest BCUT2D eigenvalue weighted by atomic mass is 9.95. The summed E-state index contributed by atoms with van der Waals surface area (Å²) in [6, 6.07) is 0. The first-order chi connectivity index (χ1) is 6.74. The van der Waals surface area contributed by atoms with Crippen molar-refractivity contribution in [1.82, 2.24) is 0 Å². The highest BCUT2D eigenvalue weighted by atomic mass is 16.5. The highest BCUT2D eigenvalue weighted by molar-refractivity contribution is 4.67. The van der Waals surface area contributed by atoms with Crippen molar-refractivity contribution in [1.29, 1.82) is 0 Å². The van der Waals surface area contributed by atoms with Crippen LogP contribution < -0.4 is 0 Å². The van der Waals surface area contributed by atoms with E-state index in [9.17, 15) is 5.11 Å². The Kier molecular flexibility index (Phi) is 5.49. The zero-order valence-corrected chi connectivity index (χ0v) is 9.54. The molecule has 1 aliphatic heterocycles. The second kappa shape index (κ2) is 6.41. The lowest BCUT2D eigenvalue weighted by Crippen LogP contribution is -2.16. The molecule has 0 bridgehead atoms. The molecule has 1 N–H and O–H groups in total. The molecule has 3 unspecified atom stereocenters. The molecule has 0 amide bonds. The van der Waals surface area contributed by atoms with Crippen molar-refractivity contribution in [3.05, 3.63) is 0 Å². The van der Waals surface area contributed by atoms with Crippen molar-refractivity contribution in [3.63, 3.8) is 0 Å². The molecule has 1 heterocycles. The summed E-state index contributed by atoms with van der Waals surface area (Å²) in [7, 11) is 0. The van der Waals surface area contributed by atoms with Crippen LogP contribution in [0, 0.1) is 5.92 Å². The predicted molar refractivity (Wildman–Crippen MR) is 58.3 cm³/mol. The van der Waals surface area contributed by atoms with Gasteiger partial charge in [0.15, 0.2) is 0 Å². The molecular formula is C12H24O2. The van der Waals surface area contributed by atoms with Crippen molar-refractivity contribution >= 4 is 0 Å². The maximum atomic E-state index is 9.59. The number of ether oxygens (including phenoxy) is 1. The fourth-order valence-corrected chi connectivity index (χ4v) is 2.13. The molecule has 0 aromatic heterocycles. The summed E-state index contributed by atoms with van der Waals surface area (Å²) in [5, 5.41) is 9.59. The van der Waals surface area contributed by atoms with Crippen LogP contribution in [0.2, 0.25) is 0 Å². The Morgan fingerprint density at radius 2 is 2.29 bits per heavy atom. The Morgan fingerprint density at radius 3 is 2.86 bits per heavy atom.